The van der Waals surface area contributed by atoms with Crippen molar-refractivity contribution in [3.8, 4) is 0 Å². The van der Waals surface area contributed by atoms with Crippen molar-refractivity contribution >= 4 is 33.0 Å². The smallest absolute Gasteiger partial charge is 0.181 e. The van der Waals surface area contributed by atoms with Crippen LogP contribution in [0.3, 0.4) is 0 Å². The minimum absolute atomic E-state index is 0.183. The van der Waals surface area contributed by atoms with Gasteiger partial charge in [0.05, 0.1) is 20.2 Å². The van der Waals surface area contributed by atoms with Crippen LogP contribution in [0.1, 0.15) is 13.3 Å². The van der Waals surface area contributed by atoms with Crippen molar-refractivity contribution in [3.63, 3.8) is 0 Å². The maximum atomic E-state index is 12.0. The highest BCUT2D eigenvalue weighted by Crippen LogP contribution is 2.27. The Bertz CT molecular complexity index is 474. The quantitative estimate of drug-likeness (QED) is 0.923. The average molecular weight is 282 g/mol. The monoisotopic (exact) mass is 281 g/mol. The molecule has 0 radical (unpaired) electrons. The van der Waals surface area contributed by atoms with Gasteiger partial charge in [-0.3, -0.25) is 0 Å². The molecule has 1 atom stereocenters. The first-order valence-corrected chi connectivity index (χ1v) is 7.09. The molecule has 0 aliphatic heterocycles. The highest BCUT2D eigenvalue weighted by Gasteiger charge is 2.23. The summed E-state index contributed by atoms with van der Waals surface area (Å²) in [5.74, 6) is 0. The van der Waals surface area contributed by atoms with Crippen LogP contribution in [0.4, 0.5) is 0 Å². The topological polar surface area (TPSA) is 60.2 Å². The summed E-state index contributed by atoms with van der Waals surface area (Å²) >= 11 is 11.5. The van der Waals surface area contributed by atoms with Crippen molar-refractivity contribution < 1.29 is 8.42 Å². The van der Waals surface area contributed by atoms with Gasteiger partial charge in [-0.2, -0.15) is 0 Å². The van der Waals surface area contributed by atoms with Crippen molar-refractivity contribution in [1.82, 2.24) is 0 Å². The zero-order valence-corrected chi connectivity index (χ0v) is 11.1. The lowest BCUT2D eigenvalue weighted by Gasteiger charge is -2.12. The molecule has 1 aromatic carbocycles. The highest BCUT2D eigenvalue weighted by molar-refractivity contribution is 7.92. The zero-order valence-electron chi connectivity index (χ0n) is 8.78. The normalized spacial score (nSPS) is 13.8. The fraction of sp³-hybridized carbons (Fsp3) is 0.400. The standard InChI is InChI=1S/C10H13Cl2NO2S/c1-7(4-5-13)16(14,15)8-2-3-9(11)10(12)6-8/h2-3,6-7H,4-5,13H2,1H3. The Kier molecular flexibility index (Phi) is 4.62. The maximum absolute atomic E-state index is 12.0. The van der Waals surface area contributed by atoms with Crippen LogP contribution < -0.4 is 5.73 Å². The van der Waals surface area contributed by atoms with Gasteiger partial charge in [-0.05, 0) is 38.1 Å². The van der Waals surface area contributed by atoms with Crippen LogP contribution in [0.25, 0.3) is 0 Å². The third kappa shape index (κ3) is 2.88. The molecule has 1 rings (SSSR count). The number of hydrogen-bond acceptors (Lipinski definition) is 3. The van der Waals surface area contributed by atoms with E-state index in [9.17, 15) is 8.42 Å². The van der Waals surface area contributed by atoms with Gasteiger partial charge < -0.3 is 5.73 Å². The van der Waals surface area contributed by atoms with Crippen LogP contribution in [0, 0.1) is 0 Å². The third-order valence-electron chi connectivity index (χ3n) is 2.32. The van der Waals surface area contributed by atoms with E-state index in [1.165, 1.54) is 18.2 Å². The van der Waals surface area contributed by atoms with E-state index >= 15 is 0 Å². The zero-order chi connectivity index (χ0) is 12.3. The predicted molar refractivity (Wildman–Crippen MR) is 66.8 cm³/mol. The number of benzene rings is 1. The fourth-order valence-electron chi connectivity index (χ4n) is 1.28. The molecule has 1 aromatic rings. The number of nitrogens with two attached hydrogens (primary N) is 1. The van der Waals surface area contributed by atoms with Crippen LogP contribution in [-0.2, 0) is 9.84 Å². The van der Waals surface area contributed by atoms with Crippen LogP contribution in [-0.4, -0.2) is 20.2 Å². The van der Waals surface area contributed by atoms with E-state index in [1.807, 2.05) is 0 Å². The molecule has 6 heteroatoms. The summed E-state index contributed by atoms with van der Waals surface area (Å²) in [4.78, 5) is 0.183. The Balaban J connectivity index is 3.12. The summed E-state index contributed by atoms with van der Waals surface area (Å²) in [5, 5.41) is 0.0597. The first kappa shape index (κ1) is 13.8. The molecule has 2 N–H and O–H groups in total. The van der Waals surface area contributed by atoms with Gasteiger partial charge in [0.25, 0.3) is 0 Å². The van der Waals surface area contributed by atoms with E-state index in [0.29, 0.717) is 18.0 Å². The number of sulfone groups is 1. The minimum Gasteiger partial charge on any atom is -0.330 e. The van der Waals surface area contributed by atoms with Crippen LogP contribution in [0.15, 0.2) is 23.1 Å². The van der Waals surface area contributed by atoms with Gasteiger partial charge >= 0.3 is 0 Å². The summed E-state index contributed by atoms with van der Waals surface area (Å²) < 4.78 is 24.1. The Hall–Kier alpha value is -0.290. The summed E-state index contributed by atoms with van der Waals surface area (Å²) in [6.45, 7) is 1.96. The van der Waals surface area contributed by atoms with Gasteiger partial charge in [0.15, 0.2) is 9.84 Å². The Morgan fingerprint density at radius 1 is 1.31 bits per heavy atom. The molecule has 1 unspecified atom stereocenters. The van der Waals surface area contributed by atoms with Gasteiger partial charge in [-0.25, -0.2) is 8.42 Å². The van der Waals surface area contributed by atoms with Gasteiger partial charge in [0, 0.05) is 0 Å². The Morgan fingerprint density at radius 3 is 2.44 bits per heavy atom. The molecular formula is C10H13Cl2NO2S. The molecule has 0 heterocycles. The molecule has 3 nitrogen and oxygen atoms in total. The second-order valence-corrected chi connectivity index (χ2v) is 6.69. The summed E-state index contributed by atoms with van der Waals surface area (Å²) in [6, 6.07) is 4.30. The molecule has 0 bridgehead atoms. The van der Waals surface area contributed by atoms with Crippen LogP contribution in [0.5, 0.6) is 0 Å². The molecule has 0 spiro atoms. The Labute approximate surface area is 105 Å². The first-order chi connectivity index (χ1) is 7.39. The van der Waals surface area contributed by atoms with E-state index in [1.54, 1.807) is 6.92 Å². The lowest BCUT2D eigenvalue weighted by molar-refractivity contribution is 0.578. The van der Waals surface area contributed by atoms with E-state index in [4.69, 9.17) is 28.9 Å². The molecule has 90 valence electrons. The number of hydrogen-bond donors (Lipinski definition) is 1. The average Bonchev–Trinajstić information content (AvgIpc) is 2.22. The Morgan fingerprint density at radius 2 is 1.94 bits per heavy atom. The van der Waals surface area contributed by atoms with Gasteiger partial charge in [0.1, 0.15) is 0 Å². The SMILES string of the molecule is CC(CCN)S(=O)(=O)c1ccc(Cl)c(Cl)c1. The van der Waals surface area contributed by atoms with Crippen LogP contribution >= 0.6 is 23.2 Å². The molecule has 0 amide bonds. The molecular weight excluding hydrogens is 269 g/mol. The molecule has 0 aromatic heterocycles. The van der Waals surface area contributed by atoms with Crippen molar-refractivity contribution in [2.24, 2.45) is 5.73 Å². The summed E-state index contributed by atoms with van der Waals surface area (Å²) in [5.41, 5.74) is 5.35. The molecule has 0 saturated carbocycles. The minimum atomic E-state index is -3.36. The van der Waals surface area contributed by atoms with Crippen molar-refractivity contribution in [2.75, 3.05) is 6.54 Å². The third-order valence-corrected chi connectivity index (χ3v) is 5.27. The van der Waals surface area contributed by atoms with Gasteiger partial charge in [0.2, 0.25) is 0 Å². The summed E-state index contributed by atoms with van der Waals surface area (Å²) in [7, 11) is -3.36. The largest absolute Gasteiger partial charge is 0.330 e. The molecule has 0 saturated heterocycles. The second kappa shape index (κ2) is 5.36. The molecule has 0 aliphatic rings. The van der Waals surface area contributed by atoms with Crippen molar-refractivity contribution in [2.45, 2.75) is 23.5 Å². The summed E-state index contributed by atoms with van der Waals surface area (Å²) in [6.07, 6.45) is 0.419. The lowest BCUT2D eigenvalue weighted by Crippen LogP contribution is -2.21. The predicted octanol–water partition coefficient (Wildman–Crippen LogP) is 2.50. The number of rotatable bonds is 4. The first-order valence-electron chi connectivity index (χ1n) is 4.78. The molecule has 0 aliphatic carbocycles. The molecule has 16 heavy (non-hydrogen) atoms. The second-order valence-electron chi connectivity index (χ2n) is 3.51. The van der Waals surface area contributed by atoms with Crippen molar-refractivity contribution in [3.05, 3.63) is 28.2 Å². The van der Waals surface area contributed by atoms with Gasteiger partial charge in [-0.1, -0.05) is 23.2 Å². The number of halogens is 2. The molecule has 0 fully saturated rings. The van der Waals surface area contributed by atoms with Crippen LogP contribution in [0.2, 0.25) is 10.0 Å². The van der Waals surface area contributed by atoms with E-state index in [0.717, 1.165) is 0 Å². The highest BCUT2D eigenvalue weighted by atomic mass is 35.5. The van der Waals surface area contributed by atoms with E-state index < -0.39 is 15.1 Å². The fourth-order valence-corrected chi connectivity index (χ4v) is 3.09. The maximum Gasteiger partial charge on any atom is 0.181 e. The van der Waals surface area contributed by atoms with Gasteiger partial charge in [-0.15, -0.1) is 0 Å². The van der Waals surface area contributed by atoms with E-state index in [2.05, 4.69) is 0 Å². The van der Waals surface area contributed by atoms with E-state index in [-0.39, 0.29) is 9.92 Å². The lowest BCUT2D eigenvalue weighted by atomic mass is 10.3. The van der Waals surface area contributed by atoms with Crippen molar-refractivity contribution in [1.29, 1.82) is 0 Å².